The average Bonchev–Trinajstić information content (AvgIpc) is 3.78. The van der Waals surface area contributed by atoms with Gasteiger partial charge in [0.1, 0.15) is 22.3 Å². The van der Waals surface area contributed by atoms with Crippen molar-refractivity contribution < 1.29 is 8.83 Å². The van der Waals surface area contributed by atoms with Gasteiger partial charge in [0.25, 0.3) is 0 Å². The van der Waals surface area contributed by atoms with Crippen molar-refractivity contribution in [2.75, 3.05) is 0 Å². The zero-order valence-electron chi connectivity index (χ0n) is 24.0. The van der Waals surface area contributed by atoms with Crippen LogP contribution in [0.2, 0.25) is 0 Å². The third-order valence-electron chi connectivity index (χ3n) is 9.74. The number of fused-ring (bicyclic) bond motifs is 18. The Hall–Kier alpha value is -6.06. The number of para-hydroxylation sites is 3. The van der Waals surface area contributed by atoms with Crippen molar-refractivity contribution >= 4 is 98.0 Å². The lowest BCUT2D eigenvalue weighted by Gasteiger charge is -2.14. The molecule has 45 heavy (non-hydrogen) atoms. The van der Waals surface area contributed by atoms with Crippen molar-refractivity contribution in [1.82, 2.24) is 4.57 Å². The molecule has 3 heteroatoms. The molecule has 0 aliphatic rings. The van der Waals surface area contributed by atoms with Crippen LogP contribution >= 0.6 is 0 Å². The lowest BCUT2D eigenvalue weighted by Crippen LogP contribution is -1.95. The summed E-state index contributed by atoms with van der Waals surface area (Å²) in [6.45, 7) is 0. The first-order chi connectivity index (χ1) is 22.3. The van der Waals surface area contributed by atoms with Crippen molar-refractivity contribution in [3.8, 4) is 5.69 Å². The topological polar surface area (TPSA) is 31.2 Å². The minimum Gasteiger partial charge on any atom is -0.455 e. The van der Waals surface area contributed by atoms with Crippen LogP contribution in [0.4, 0.5) is 0 Å². The molecule has 0 radical (unpaired) electrons. The smallest absolute Gasteiger partial charge is 0.160 e. The summed E-state index contributed by atoms with van der Waals surface area (Å²) in [4.78, 5) is 0. The maximum atomic E-state index is 6.84. The molecule has 208 valence electrons. The Kier molecular flexibility index (Phi) is 4.32. The lowest BCUT2D eigenvalue weighted by atomic mass is 9.94. The molecule has 11 rings (SSSR count). The van der Waals surface area contributed by atoms with Crippen molar-refractivity contribution in [1.29, 1.82) is 0 Å². The van der Waals surface area contributed by atoms with Gasteiger partial charge < -0.3 is 13.4 Å². The number of nitrogens with zero attached hydrogens (tertiary/aromatic N) is 1. The van der Waals surface area contributed by atoms with E-state index in [4.69, 9.17) is 8.83 Å². The van der Waals surface area contributed by atoms with Gasteiger partial charge in [0, 0.05) is 32.6 Å². The highest BCUT2D eigenvalue weighted by molar-refractivity contribution is 6.38. The van der Waals surface area contributed by atoms with E-state index in [9.17, 15) is 0 Å². The van der Waals surface area contributed by atoms with Gasteiger partial charge in [0.2, 0.25) is 0 Å². The summed E-state index contributed by atoms with van der Waals surface area (Å²) in [5.41, 5.74) is 6.77. The fraction of sp³-hybridized carbons (Fsp3) is 0. The van der Waals surface area contributed by atoms with E-state index in [-0.39, 0.29) is 0 Å². The van der Waals surface area contributed by atoms with E-state index in [1.54, 1.807) is 0 Å². The molecule has 0 unspecified atom stereocenters. The van der Waals surface area contributed by atoms with Crippen LogP contribution in [-0.2, 0) is 0 Å². The second-order valence-corrected chi connectivity index (χ2v) is 12.0. The van der Waals surface area contributed by atoms with E-state index >= 15 is 0 Å². The van der Waals surface area contributed by atoms with Crippen LogP contribution in [0.25, 0.3) is 104 Å². The zero-order valence-corrected chi connectivity index (χ0v) is 24.0. The van der Waals surface area contributed by atoms with E-state index in [2.05, 4.69) is 132 Å². The maximum absolute atomic E-state index is 6.84. The van der Waals surface area contributed by atoms with Crippen molar-refractivity contribution in [3.05, 3.63) is 140 Å². The van der Waals surface area contributed by atoms with Gasteiger partial charge in [0.15, 0.2) is 5.58 Å². The fourth-order valence-electron chi connectivity index (χ4n) is 7.92. The van der Waals surface area contributed by atoms with Gasteiger partial charge in [-0.05, 0) is 62.6 Å². The van der Waals surface area contributed by atoms with Gasteiger partial charge in [-0.15, -0.1) is 0 Å². The van der Waals surface area contributed by atoms with Gasteiger partial charge >= 0.3 is 0 Å². The summed E-state index contributed by atoms with van der Waals surface area (Å²) in [5.74, 6) is 0. The number of rotatable bonds is 1. The summed E-state index contributed by atoms with van der Waals surface area (Å²) in [6.07, 6.45) is 0. The minimum atomic E-state index is 0.874. The highest BCUT2D eigenvalue weighted by atomic mass is 16.3. The van der Waals surface area contributed by atoms with E-state index < -0.39 is 0 Å². The molecule has 0 bridgehead atoms. The second kappa shape index (κ2) is 8.31. The van der Waals surface area contributed by atoms with Gasteiger partial charge in [-0.3, -0.25) is 0 Å². The van der Waals surface area contributed by atoms with Crippen LogP contribution in [-0.4, -0.2) is 4.57 Å². The highest BCUT2D eigenvalue weighted by Gasteiger charge is 2.26. The molecular weight excluding hydrogens is 550 g/mol. The number of aromatic nitrogens is 1. The Labute approximate surface area is 256 Å². The maximum Gasteiger partial charge on any atom is 0.160 e. The molecule has 3 aromatic heterocycles. The fourth-order valence-corrected chi connectivity index (χ4v) is 7.92. The zero-order chi connectivity index (χ0) is 29.2. The Morgan fingerprint density at radius 2 is 0.822 bits per heavy atom. The van der Waals surface area contributed by atoms with Crippen LogP contribution < -0.4 is 0 Å². The summed E-state index contributed by atoms with van der Waals surface area (Å²) in [7, 11) is 0. The van der Waals surface area contributed by atoms with Crippen molar-refractivity contribution in [3.63, 3.8) is 0 Å². The number of hydrogen-bond acceptors (Lipinski definition) is 2. The standard InChI is InChI=1S/C42H23NO2/c1-2-13-27-25(11-1)26-12-3-4-14-28(26)33-23-24(21-22-29(27)33)43-34-18-8-5-15-30(34)39-40(43)42-38(32-17-7-10-20-36(32)45-42)37-31-16-6-9-19-35(31)44-41(37)39/h1-23H. The number of furan rings is 2. The predicted molar refractivity (Wildman–Crippen MR) is 188 cm³/mol. The third-order valence-corrected chi connectivity index (χ3v) is 9.74. The summed E-state index contributed by atoms with van der Waals surface area (Å²) in [5, 5.41) is 14.2. The molecule has 0 aliphatic heterocycles. The molecule has 11 aromatic rings. The Morgan fingerprint density at radius 1 is 0.356 bits per heavy atom. The second-order valence-electron chi connectivity index (χ2n) is 12.0. The van der Waals surface area contributed by atoms with Crippen LogP contribution in [0.1, 0.15) is 0 Å². The third kappa shape index (κ3) is 2.90. The van der Waals surface area contributed by atoms with Gasteiger partial charge in [-0.1, -0.05) is 109 Å². The molecule has 0 amide bonds. The molecule has 0 saturated heterocycles. The van der Waals surface area contributed by atoms with Gasteiger partial charge in [-0.25, -0.2) is 0 Å². The summed E-state index contributed by atoms with van der Waals surface area (Å²) in [6, 6.07) is 49.7. The molecule has 3 heterocycles. The average molecular weight is 574 g/mol. The Morgan fingerprint density at radius 3 is 1.47 bits per heavy atom. The van der Waals surface area contributed by atoms with Crippen LogP contribution in [0, 0.1) is 0 Å². The first-order valence-corrected chi connectivity index (χ1v) is 15.4. The lowest BCUT2D eigenvalue weighted by molar-refractivity contribution is 0.667. The minimum absolute atomic E-state index is 0.874. The molecule has 3 nitrogen and oxygen atoms in total. The van der Waals surface area contributed by atoms with E-state index in [0.717, 1.165) is 71.4 Å². The monoisotopic (exact) mass is 573 g/mol. The molecule has 0 saturated carbocycles. The van der Waals surface area contributed by atoms with Crippen molar-refractivity contribution in [2.24, 2.45) is 0 Å². The quantitative estimate of drug-likeness (QED) is 0.183. The summed E-state index contributed by atoms with van der Waals surface area (Å²) >= 11 is 0. The molecule has 0 fully saturated rings. The van der Waals surface area contributed by atoms with E-state index in [1.165, 1.54) is 32.3 Å². The summed E-state index contributed by atoms with van der Waals surface area (Å²) < 4.78 is 16.0. The normalized spacial score (nSPS) is 12.4. The Balaban J connectivity index is 1.39. The predicted octanol–water partition coefficient (Wildman–Crippen LogP) is 12.0. The molecular formula is C42H23NO2. The highest BCUT2D eigenvalue weighted by Crippen LogP contribution is 2.49. The largest absolute Gasteiger partial charge is 0.455 e. The molecule has 0 N–H and O–H groups in total. The molecule has 8 aromatic carbocycles. The molecule has 0 spiro atoms. The molecule has 0 atom stereocenters. The van der Waals surface area contributed by atoms with Crippen LogP contribution in [0.3, 0.4) is 0 Å². The number of benzene rings is 8. The first-order valence-electron chi connectivity index (χ1n) is 15.4. The van der Waals surface area contributed by atoms with E-state index in [1.807, 2.05) is 12.1 Å². The van der Waals surface area contributed by atoms with Crippen molar-refractivity contribution in [2.45, 2.75) is 0 Å². The van der Waals surface area contributed by atoms with Gasteiger partial charge in [-0.2, -0.15) is 0 Å². The molecule has 0 aliphatic carbocycles. The van der Waals surface area contributed by atoms with Crippen LogP contribution in [0.15, 0.2) is 148 Å². The SMILES string of the molecule is c1ccc2c(c1)oc1c2c2c3ccccc3oc2c2c1c1ccccc1n2-c1ccc2c3ccccc3c3ccccc3c2c1. The van der Waals surface area contributed by atoms with Gasteiger partial charge in [0.05, 0.1) is 10.9 Å². The number of hydrogen-bond donors (Lipinski definition) is 0. The van der Waals surface area contributed by atoms with Crippen LogP contribution in [0.5, 0.6) is 0 Å². The Bertz CT molecular complexity index is 3010. The first kappa shape index (κ1) is 23.4. The van der Waals surface area contributed by atoms with E-state index in [0.29, 0.717) is 0 Å².